The van der Waals surface area contributed by atoms with Crippen molar-refractivity contribution in [1.82, 2.24) is 15.1 Å². The molecule has 0 spiro atoms. The molecule has 0 aromatic heterocycles. The van der Waals surface area contributed by atoms with Crippen LogP contribution in [-0.4, -0.2) is 54.8 Å². The first-order chi connectivity index (χ1) is 12.4. The second kappa shape index (κ2) is 9.72. The Balaban J connectivity index is 1.88. The molecule has 26 heavy (non-hydrogen) atoms. The fraction of sp³-hybridized carbons (Fsp3) is 0.619. The van der Waals surface area contributed by atoms with Crippen LogP contribution in [0.15, 0.2) is 24.3 Å². The minimum absolute atomic E-state index is 0.00342. The van der Waals surface area contributed by atoms with Gasteiger partial charge in [-0.25, -0.2) is 0 Å². The molecule has 2 amide bonds. The van der Waals surface area contributed by atoms with E-state index in [-0.39, 0.29) is 17.7 Å². The minimum Gasteiger partial charge on any atom is -0.341 e. The molecule has 0 atom stereocenters. The van der Waals surface area contributed by atoms with E-state index in [1.807, 2.05) is 50.1 Å². The van der Waals surface area contributed by atoms with E-state index in [1.165, 1.54) is 0 Å². The molecule has 0 unspecified atom stereocenters. The Kier molecular flexibility index (Phi) is 7.64. The van der Waals surface area contributed by atoms with Gasteiger partial charge >= 0.3 is 0 Å². The fourth-order valence-electron chi connectivity index (χ4n) is 3.42. The van der Waals surface area contributed by atoms with Crippen molar-refractivity contribution in [3.05, 3.63) is 35.4 Å². The summed E-state index contributed by atoms with van der Waals surface area (Å²) in [4.78, 5) is 28.4. The van der Waals surface area contributed by atoms with Gasteiger partial charge in [0.15, 0.2) is 0 Å². The number of piperidine rings is 1. The van der Waals surface area contributed by atoms with Crippen LogP contribution in [0.5, 0.6) is 0 Å². The smallest absolute Gasteiger partial charge is 0.253 e. The maximum Gasteiger partial charge on any atom is 0.253 e. The van der Waals surface area contributed by atoms with Crippen LogP contribution in [-0.2, 0) is 11.3 Å². The molecule has 1 aromatic carbocycles. The number of nitrogens with one attached hydrogen (secondary N) is 1. The molecule has 1 heterocycles. The number of amides is 2. The molecule has 2 rings (SSSR count). The first-order valence-electron chi connectivity index (χ1n) is 9.76. The predicted octanol–water partition coefficient (Wildman–Crippen LogP) is 2.76. The standard InChI is InChI=1S/C21H33N3O2/c1-5-22-14-17-10-12-24(13-11-17)21(26)19-8-6-18(7-9-19)15-23(4)20(25)16(2)3/h6-9,16-17,22H,5,10-15H2,1-4H3. The largest absolute Gasteiger partial charge is 0.341 e. The average Bonchev–Trinajstić information content (AvgIpc) is 2.66. The fourth-order valence-corrected chi connectivity index (χ4v) is 3.42. The molecule has 1 fully saturated rings. The quantitative estimate of drug-likeness (QED) is 0.814. The van der Waals surface area contributed by atoms with E-state index in [4.69, 9.17) is 0 Å². The van der Waals surface area contributed by atoms with E-state index in [9.17, 15) is 9.59 Å². The maximum absolute atomic E-state index is 12.7. The topological polar surface area (TPSA) is 52.7 Å². The number of carbonyl (C=O) groups is 2. The molecule has 0 aliphatic carbocycles. The van der Waals surface area contributed by atoms with Crippen LogP contribution in [0.3, 0.4) is 0 Å². The molecule has 1 N–H and O–H groups in total. The first-order valence-corrected chi connectivity index (χ1v) is 9.76. The van der Waals surface area contributed by atoms with Crippen molar-refractivity contribution in [1.29, 1.82) is 0 Å². The van der Waals surface area contributed by atoms with Gasteiger partial charge in [-0.2, -0.15) is 0 Å². The lowest BCUT2D eigenvalue weighted by atomic mass is 9.96. The molecule has 0 radical (unpaired) electrons. The third-order valence-electron chi connectivity index (χ3n) is 5.08. The molecule has 1 saturated heterocycles. The highest BCUT2D eigenvalue weighted by Gasteiger charge is 2.23. The number of likely N-dealkylation sites (tertiary alicyclic amines) is 1. The Bertz CT molecular complexity index is 590. The van der Waals surface area contributed by atoms with Gasteiger partial charge in [0, 0.05) is 38.2 Å². The van der Waals surface area contributed by atoms with Crippen LogP contribution in [0.25, 0.3) is 0 Å². The second-order valence-electron chi connectivity index (χ2n) is 7.59. The molecule has 1 aliphatic rings. The summed E-state index contributed by atoms with van der Waals surface area (Å²) in [6.07, 6.45) is 2.14. The zero-order chi connectivity index (χ0) is 19.1. The van der Waals surface area contributed by atoms with Gasteiger partial charge in [0.1, 0.15) is 0 Å². The summed E-state index contributed by atoms with van der Waals surface area (Å²) in [5.74, 6) is 0.919. The summed E-state index contributed by atoms with van der Waals surface area (Å²) in [5, 5.41) is 3.40. The number of hydrogen-bond acceptors (Lipinski definition) is 3. The number of carbonyl (C=O) groups excluding carboxylic acids is 2. The molecule has 0 bridgehead atoms. The van der Waals surface area contributed by atoms with Crippen LogP contribution in [0.2, 0.25) is 0 Å². The van der Waals surface area contributed by atoms with Gasteiger partial charge in [-0.1, -0.05) is 32.9 Å². The number of benzene rings is 1. The Hall–Kier alpha value is -1.88. The van der Waals surface area contributed by atoms with Crippen molar-refractivity contribution in [3.63, 3.8) is 0 Å². The summed E-state index contributed by atoms with van der Waals surface area (Å²) in [7, 11) is 1.82. The molecule has 5 nitrogen and oxygen atoms in total. The molecule has 0 saturated carbocycles. The monoisotopic (exact) mass is 359 g/mol. The van der Waals surface area contributed by atoms with Crippen molar-refractivity contribution in [2.24, 2.45) is 11.8 Å². The Labute approximate surface area is 157 Å². The molecular formula is C21H33N3O2. The maximum atomic E-state index is 12.7. The van der Waals surface area contributed by atoms with E-state index in [0.29, 0.717) is 12.5 Å². The molecular weight excluding hydrogens is 326 g/mol. The minimum atomic E-state index is -0.00342. The van der Waals surface area contributed by atoms with Crippen molar-refractivity contribution in [2.75, 3.05) is 33.2 Å². The molecule has 5 heteroatoms. The second-order valence-corrected chi connectivity index (χ2v) is 7.59. The van der Waals surface area contributed by atoms with Crippen LogP contribution in [0.4, 0.5) is 0 Å². The molecule has 1 aromatic rings. The zero-order valence-corrected chi connectivity index (χ0v) is 16.6. The van der Waals surface area contributed by atoms with Gasteiger partial charge in [0.25, 0.3) is 5.91 Å². The lowest BCUT2D eigenvalue weighted by Crippen LogP contribution is -2.40. The van der Waals surface area contributed by atoms with Crippen LogP contribution >= 0.6 is 0 Å². The Morgan fingerprint density at radius 1 is 1.19 bits per heavy atom. The van der Waals surface area contributed by atoms with Gasteiger partial charge in [0.05, 0.1) is 0 Å². The van der Waals surface area contributed by atoms with E-state index in [1.54, 1.807) is 4.90 Å². The number of hydrogen-bond donors (Lipinski definition) is 1. The van der Waals surface area contributed by atoms with Crippen LogP contribution in [0, 0.1) is 11.8 Å². The third-order valence-corrected chi connectivity index (χ3v) is 5.08. The van der Waals surface area contributed by atoms with Crippen LogP contribution in [0.1, 0.15) is 49.5 Å². The predicted molar refractivity (Wildman–Crippen MR) is 105 cm³/mol. The lowest BCUT2D eigenvalue weighted by Gasteiger charge is -2.32. The zero-order valence-electron chi connectivity index (χ0n) is 16.6. The SMILES string of the molecule is CCNCC1CCN(C(=O)c2ccc(CN(C)C(=O)C(C)C)cc2)CC1. The summed E-state index contributed by atoms with van der Waals surface area (Å²) < 4.78 is 0. The first kappa shape index (κ1) is 20.4. The van der Waals surface area contributed by atoms with E-state index in [0.717, 1.165) is 50.1 Å². The summed E-state index contributed by atoms with van der Waals surface area (Å²) in [5.41, 5.74) is 1.78. The van der Waals surface area contributed by atoms with Crippen molar-refractivity contribution >= 4 is 11.8 Å². The highest BCUT2D eigenvalue weighted by Crippen LogP contribution is 2.19. The van der Waals surface area contributed by atoms with Gasteiger partial charge < -0.3 is 15.1 Å². The third kappa shape index (κ3) is 5.56. The highest BCUT2D eigenvalue weighted by molar-refractivity contribution is 5.94. The van der Waals surface area contributed by atoms with Gasteiger partial charge in [-0.15, -0.1) is 0 Å². The van der Waals surface area contributed by atoms with Gasteiger partial charge in [-0.05, 0) is 49.5 Å². The van der Waals surface area contributed by atoms with Crippen molar-refractivity contribution in [2.45, 2.75) is 40.2 Å². The van der Waals surface area contributed by atoms with Crippen LogP contribution < -0.4 is 5.32 Å². The number of nitrogens with zero attached hydrogens (tertiary/aromatic N) is 2. The average molecular weight is 360 g/mol. The summed E-state index contributed by atoms with van der Waals surface area (Å²) >= 11 is 0. The van der Waals surface area contributed by atoms with E-state index in [2.05, 4.69) is 12.2 Å². The highest BCUT2D eigenvalue weighted by atomic mass is 16.2. The van der Waals surface area contributed by atoms with E-state index < -0.39 is 0 Å². The molecule has 1 aliphatic heterocycles. The van der Waals surface area contributed by atoms with Gasteiger partial charge in [0.2, 0.25) is 5.91 Å². The normalized spacial score (nSPS) is 15.3. The van der Waals surface area contributed by atoms with E-state index >= 15 is 0 Å². The molecule has 144 valence electrons. The Morgan fingerprint density at radius 3 is 2.35 bits per heavy atom. The van der Waals surface area contributed by atoms with Crippen molar-refractivity contribution in [3.8, 4) is 0 Å². The lowest BCUT2D eigenvalue weighted by molar-refractivity contribution is -0.133. The summed E-state index contributed by atoms with van der Waals surface area (Å²) in [6.45, 7) is 10.2. The van der Waals surface area contributed by atoms with Crippen molar-refractivity contribution < 1.29 is 9.59 Å². The number of rotatable bonds is 7. The van der Waals surface area contributed by atoms with Gasteiger partial charge in [-0.3, -0.25) is 9.59 Å². The summed E-state index contributed by atoms with van der Waals surface area (Å²) in [6, 6.07) is 7.68. The Morgan fingerprint density at radius 2 is 1.81 bits per heavy atom.